The van der Waals surface area contributed by atoms with Gasteiger partial charge in [-0.2, -0.15) is 4.31 Å². The van der Waals surface area contributed by atoms with Crippen LogP contribution in [0.5, 0.6) is 5.75 Å². The molecule has 1 saturated heterocycles. The molecule has 2 heterocycles. The third kappa shape index (κ3) is 4.94. The lowest BCUT2D eigenvalue weighted by Gasteiger charge is -2.25. The van der Waals surface area contributed by atoms with Crippen molar-refractivity contribution in [3.05, 3.63) is 54.9 Å². The highest BCUT2D eigenvalue weighted by Gasteiger charge is 2.26. The maximum Gasteiger partial charge on any atom is 0.265 e. The van der Waals surface area contributed by atoms with Crippen molar-refractivity contribution in [2.24, 2.45) is 0 Å². The molecule has 168 valence electrons. The second-order valence-corrected chi connectivity index (χ2v) is 9.43. The van der Waals surface area contributed by atoms with Crippen LogP contribution >= 0.6 is 0 Å². The predicted octanol–water partition coefficient (Wildman–Crippen LogP) is 2.24. The van der Waals surface area contributed by atoms with Crippen molar-refractivity contribution in [2.45, 2.75) is 37.2 Å². The molecule has 32 heavy (non-hydrogen) atoms. The Morgan fingerprint density at radius 2 is 1.84 bits per heavy atom. The number of rotatable bonds is 7. The minimum absolute atomic E-state index is 0.223. The van der Waals surface area contributed by atoms with E-state index in [1.165, 1.54) is 27.4 Å². The van der Waals surface area contributed by atoms with Gasteiger partial charge in [0.25, 0.3) is 5.91 Å². The Kier molecular flexibility index (Phi) is 6.47. The van der Waals surface area contributed by atoms with Gasteiger partial charge in [-0.3, -0.25) is 4.79 Å². The molecule has 1 N–H and O–H groups in total. The Bertz CT molecular complexity index is 1160. The van der Waals surface area contributed by atoms with Gasteiger partial charge in [0.05, 0.1) is 10.6 Å². The lowest BCUT2D eigenvalue weighted by atomic mass is 10.2. The first-order chi connectivity index (χ1) is 15.4. The van der Waals surface area contributed by atoms with Crippen molar-refractivity contribution in [3.63, 3.8) is 0 Å². The number of hydrogen-bond acceptors (Lipinski definition) is 7. The van der Waals surface area contributed by atoms with Crippen LogP contribution in [0.1, 0.15) is 26.2 Å². The van der Waals surface area contributed by atoms with Crippen molar-refractivity contribution in [1.82, 2.24) is 24.5 Å². The van der Waals surface area contributed by atoms with Crippen LogP contribution in [0.3, 0.4) is 0 Å². The number of carbonyl (C=O) groups is 1. The molecular weight excluding hydrogens is 432 g/mol. The Balaban J connectivity index is 1.38. The van der Waals surface area contributed by atoms with Crippen LogP contribution in [0.2, 0.25) is 0 Å². The maximum atomic E-state index is 12.7. The van der Waals surface area contributed by atoms with Crippen LogP contribution < -0.4 is 10.1 Å². The molecule has 0 spiro atoms. The second kappa shape index (κ2) is 9.45. The Labute approximate surface area is 186 Å². The summed E-state index contributed by atoms with van der Waals surface area (Å²) < 4.78 is 34.2. The number of anilines is 1. The standard InChI is InChI=1S/C21H24N6O4S/c1-16(31-19-7-5-6-18(14-19)27-15-22-24-25-27)21(28)23-17-8-10-20(11-9-17)32(29,30)26-12-3-2-4-13-26/h5-11,14-16H,2-4,12-13H2,1H3,(H,23,28)/t16-/m0/s1. The molecule has 11 heteroatoms. The smallest absolute Gasteiger partial charge is 0.265 e. The van der Waals surface area contributed by atoms with Crippen molar-refractivity contribution in [2.75, 3.05) is 18.4 Å². The Morgan fingerprint density at radius 3 is 2.53 bits per heavy atom. The minimum Gasteiger partial charge on any atom is -0.481 e. The maximum absolute atomic E-state index is 12.7. The van der Waals surface area contributed by atoms with E-state index >= 15 is 0 Å². The number of nitrogens with zero attached hydrogens (tertiary/aromatic N) is 5. The summed E-state index contributed by atoms with van der Waals surface area (Å²) in [4.78, 5) is 12.8. The summed E-state index contributed by atoms with van der Waals surface area (Å²) in [7, 11) is -3.51. The molecule has 0 aliphatic carbocycles. The molecule has 0 bridgehead atoms. The van der Waals surface area contributed by atoms with Gasteiger partial charge in [0, 0.05) is 24.8 Å². The molecule has 1 aliphatic heterocycles. The van der Waals surface area contributed by atoms with E-state index in [1.807, 2.05) is 6.07 Å². The molecule has 1 aromatic heterocycles. The normalized spacial score (nSPS) is 15.8. The first-order valence-corrected chi connectivity index (χ1v) is 11.8. The molecule has 10 nitrogen and oxygen atoms in total. The average Bonchev–Trinajstić information content (AvgIpc) is 3.35. The van der Waals surface area contributed by atoms with Gasteiger partial charge in [0.1, 0.15) is 12.1 Å². The van der Waals surface area contributed by atoms with E-state index in [0.29, 0.717) is 30.2 Å². The van der Waals surface area contributed by atoms with E-state index in [2.05, 4.69) is 20.8 Å². The second-order valence-electron chi connectivity index (χ2n) is 7.49. The molecule has 3 aromatic rings. The van der Waals surface area contributed by atoms with Crippen LogP contribution in [-0.4, -0.2) is 58.0 Å². The van der Waals surface area contributed by atoms with Gasteiger partial charge in [-0.15, -0.1) is 5.10 Å². The van der Waals surface area contributed by atoms with Crippen LogP contribution in [0.4, 0.5) is 5.69 Å². The fourth-order valence-corrected chi connectivity index (χ4v) is 4.96. The van der Waals surface area contributed by atoms with Gasteiger partial charge in [0.15, 0.2) is 6.10 Å². The lowest BCUT2D eigenvalue weighted by Crippen LogP contribution is -2.35. The van der Waals surface area contributed by atoms with E-state index in [1.54, 1.807) is 37.3 Å². The summed E-state index contributed by atoms with van der Waals surface area (Å²) >= 11 is 0. The Morgan fingerprint density at radius 1 is 1.09 bits per heavy atom. The minimum atomic E-state index is -3.51. The van der Waals surface area contributed by atoms with E-state index in [-0.39, 0.29) is 10.8 Å². The number of nitrogens with one attached hydrogen (secondary N) is 1. The zero-order valence-electron chi connectivity index (χ0n) is 17.6. The van der Waals surface area contributed by atoms with E-state index < -0.39 is 16.1 Å². The molecule has 1 atom stereocenters. The van der Waals surface area contributed by atoms with Gasteiger partial charge >= 0.3 is 0 Å². The highest BCUT2D eigenvalue weighted by Crippen LogP contribution is 2.22. The molecule has 1 fully saturated rings. The highest BCUT2D eigenvalue weighted by atomic mass is 32.2. The summed E-state index contributed by atoms with van der Waals surface area (Å²) in [6.45, 7) is 2.73. The summed E-state index contributed by atoms with van der Waals surface area (Å²) in [6.07, 6.45) is 3.49. The number of aromatic nitrogens is 4. The number of tetrazole rings is 1. The van der Waals surface area contributed by atoms with Crippen molar-refractivity contribution >= 4 is 21.6 Å². The zero-order valence-corrected chi connectivity index (χ0v) is 18.4. The molecular formula is C21H24N6O4S. The third-order valence-corrected chi connectivity index (χ3v) is 7.10. The van der Waals surface area contributed by atoms with Crippen LogP contribution in [-0.2, 0) is 14.8 Å². The fourth-order valence-electron chi connectivity index (χ4n) is 3.45. The van der Waals surface area contributed by atoms with Gasteiger partial charge in [-0.05, 0) is 66.6 Å². The number of sulfonamides is 1. The fraction of sp³-hybridized carbons (Fsp3) is 0.333. The van der Waals surface area contributed by atoms with Gasteiger partial charge in [0.2, 0.25) is 10.0 Å². The van der Waals surface area contributed by atoms with Crippen molar-refractivity contribution < 1.29 is 17.9 Å². The van der Waals surface area contributed by atoms with E-state index in [0.717, 1.165) is 19.3 Å². The molecule has 0 unspecified atom stereocenters. The first-order valence-electron chi connectivity index (χ1n) is 10.3. The molecule has 1 aliphatic rings. The molecule has 4 rings (SSSR count). The summed E-state index contributed by atoms with van der Waals surface area (Å²) in [5, 5.41) is 13.8. The van der Waals surface area contributed by atoms with Crippen LogP contribution in [0, 0.1) is 0 Å². The van der Waals surface area contributed by atoms with Crippen molar-refractivity contribution in [3.8, 4) is 11.4 Å². The number of benzene rings is 2. The third-order valence-electron chi connectivity index (χ3n) is 5.19. The topological polar surface area (TPSA) is 119 Å². The van der Waals surface area contributed by atoms with Crippen LogP contribution in [0.15, 0.2) is 59.8 Å². The number of ether oxygens (including phenoxy) is 1. The van der Waals surface area contributed by atoms with Crippen molar-refractivity contribution in [1.29, 1.82) is 0 Å². The van der Waals surface area contributed by atoms with Gasteiger partial charge < -0.3 is 10.1 Å². The number of amides is 1. The monoisotopic (exact) mass is 456 g/mol. The summed E-state index contributed by atoms with van der Waals surface area (Å²) in [6, 6.07) is 13.2. The molecule has 0 saturated carbocycles. The Hall–Kier alpha value is -3.31. The van der Waals surface area contributed by atoms with Crippen LogP contribution in [0.25, 0.3) is 5.69 Å². The number of hydrogen-bond donors (Lipinski definition) is 1. The molecule has 0 radical (unpaired) electrons. The first kappa shape index (κ1) is 21.9. The highest BCUT2D eigenvalue weighted by molar-refractivity contribution is 7.89. The molecule has 2 aromatic carbocycles. The largest absolute Gasteiger partial charge is 0.481 e. The number of carbonyl (C=O) groups excluding carboxylic acids is 1. The average molecular weight is 457 g/mol. The zero-order chi connectivity index (χ0) is 22.6. The number of piperidine rings is 1. The van der Waals surface area contributed by atoms with E-state index in [4.69, 9.17) is 4.74 Å². The summed E-state index contributed by atoms with van der Waals surface area (Å²) in [5.41, 5.74) is 1.19. The lowest BCUT2D eigenvalue weighted by molar-refractivity contribution is -0.122. The van der Waals surface area contributed by atoms with Gasteiger partial charge in [-0.1, -0.05) is 12.5 Å². The quantitative estimate of drug-likeness (QED) is 0.579. The van der Waals surface area contributed by atoms with Gasteiger partial charge in [-0.25, -0.2) is 13.1 Å². The predicted molar refractivity (Wildman–Crippen MR) is 117 cm³/mol. The summed E-state index contributed by atoms with van der Waals surface area (Å²) in [5.74, 6) is 0.132. The molecule has 1 amide bonds. The van der Waals surface area contributed by atoms with E-state index in [9.17, 15) is 13.2 Å². The SMILES string of the molecule is C[C@H](Oc1cccc(-n2cnnn2)c1)C(=O)Nc1ccc(S(=O)(=O)N2CCCCC2)cc1.